The van der Waals surface area contributed by atoms with Crippen molar-refractivity contribution in [3.8, 4) is 11.1 Å². The summed E-state index contributed by atoms with van der Waals surface area (Å²) in [6.07, 6.45) is 0. The van der Waals surface area contributed by atoms with E-state index in [1.165, 1.54) is 36.4 Å². The van der Waals surface area contributed by atoms with Gasteiger partial charge in [0.15, 0.2) is 0 Å². The Labute approximate surface area is 140 Å². The van der Waals surface area contributed by atoms with E-state index in [9.17, 15) is 22.7 Å². The van der Waals surface area contributed by atoms with Crippen molar-refractivity contribution in [2.75, 3.05) is 0 Å². The first-order chi connectivity index (χ1) is 11.0. The summed E-state index contributed by atoms with van der Waals surface area (Å²) in [5.41, 5.74) is -0.727. The van der Waals surface area contributed by atoms with E-state index in [0.29, 0.717) is 5.56 Å². The first-order valence-corrected chi connectivity index (χ1v) is 8.66. The van der Waals surface area contributed by atoms with Crippen LogP contribution in [0.2, 0.25) is 0 Å². The Morgan fingerprint density at radius 1 is 1.12 bits per heavy atom. The van der Waals surface area contributed by atoms with Gasteiger partial charge in [-0.25, -0.2) is 22.3 Å². The third kappa shape index (κ3) is 3.98. The van der Waals surface area contributed by atoms with Crippen molar-refractivity contribution in [1.29, 1.82) is 0 Å². The third-order valence-corrected chi connectivity index (χ3v) is 4.88. The Balaban J connectivity index is 2.58. The Kier molecular flexibility index (Phi) is 4.77. The monoisotopic (exact) mass is 351 g/mol. The minimum Gasteiger partial charge on any atom is -0.478 e. The van der Waals surface area contributed by atoms with Crippen LogP contribution in [0.1, 0.15) is 31.1 Å². The molecule has 0 heterocycles. The van der Waals surface area contributed by atoms with Crippen molar-refractivity contribution in [3.05, 3.63) is 53.8 Å². The second-order valence-electron chi connectivity index (χ2n) is 6.35. The molecule has 0 aromatic heterocycles. The van der Waals surface area contributed by atoms with Crippen LogP contribution >= 0.6 is 0 Å². The number of halogens is 1. The summed E-state index contributed by atoms with van der Waals surface area (Å²) < 4.78 is 41.2. The molecular weight excluding hydrogens is 333 g/mol. The standard InChI is InChI=1S/C17H18FNO4S/c1-17(2,3)19-24(22,23)12-7-4-6-11(10-12)13-8-5-9-14(18)15(13)16(20)21/h4-10,19H,1-3H3,(H,20,21). The van der Waals surface area contributed by atoms with Crippen LogP contribution in [0.5, 0.6) is 0 Å². The average Bonchev–Trinajstić information content (AvgIpc) is 2.44. The topological polar surface area (TPSA) is 83.5 Å². The fraction of sp³-hybridized carbons (Fsp3) is 0.235. The maximum Gasteiger partial charge on any atom is 0.339 e. The van der Waals surface area contributed by atoms with Crippen LogP contribution in [0.4, 0.5) is 4.39 Å². The third-order valence-electron chi connectivity index (χ3n) is 3.12. The van der Waals surface area contributed by atoms with E-state index in [0.717, 1.165) is 6.07 Å². The van der Waals surface area contributed by atoms with Gasteiger partial charge in [0.05, 0.1) is 4.90 Å². The largest absolute Gasteiger partial charge is 0.478 e. The molecule has 128 valence electrons. The predicted octanol–water partition coefficient (Wildman–Crippen LogP) is 3.27. The van der Waals surface area contributed by atoms with Crippen LogP contribution in [0.25, 0.3) is 11.1 Å². The summed E-state index contributed by atoms with van der Waals surface area (Å²) >= 11 is 0. The molecule has 0 bridgehead atoms. The number of aromatic carboxylic acids is 1. The van der Waals surface area contributed by atoms with Crippen molar-refractivity contribution >= 4 is 16.0 Å². The van der Waals surface area contributed by atoms with Crippen LogP contribution in [0.15, 0.2) is 47.4 Å². The zero-order valence-corrected chi connectivity index (χ0v) is 14.3. The number of rotatable bonds is 4. The molecule has 0 saturated carbocycles. The van der Waals surface area contributed by atoms with E-state index in [4.69, 9.17) is 0 Å². The first kappa shape index (κ1) is 18.1. The Morgan fingerprint density at radius 2 is 1.75 bits per heavy atom. The number of carbonyl (C=O) groups is 1. The second-order valence-corrected chi connectivity index (χ2v) is 8.03. The van der Waals surface area contributed by atoms with Gasteiger partial charge in [-0.05, 0) is 50.1 Å². The van der Waals surface area contributed by atoms with Gasteiger partial charge < -0.3 is 5.11 Å². The van der Waals surface area contributed by atoms with Crippen molar-refractivity contribution in [1.82, 2.24) is 4.72 Å². The molecule has 2 rings (SSSR count). The zero-order valence-electron chi connectivity index (χ0n) is 13.5. The van der Waals surface area contributed by atoms with Gasteiger partial charge in [0.2, 0.25) is 10.0 Å². The molecule has 0 aliphatic carbocycles. The Hall–Kier alpha value is -2.25. The van der Waals surface area contributed by atoms with E-state index >= 15 is 0 Å². The van der Waals surface area contributed by atoms with Crippen molar-refractivity contribution in [2.24, 2.45) is 0 Å². The molecule has 24 heavy (non-hydrogen) atoms. The Bertz CT molecular complexity index is 886. The maximum absolute atomic E-state index is 13.8. The molecule has 0 fully saturated rings. The van der Waals surface area contributed by atoms with E-state index in [2.05, 4.69) is 4.72 Å². The number of nitrogens with one attached hydrogen (secondary N) is 1. The van der Waals surface area contributed by atoms with E-state index in [1.54, 1.807) is 20.8 Å². The number of carboxylic acid groups (broad SMARTS) is 1. The highest BCUT2D eigenvalue weighted by atomic mass is 32.2. The quantitative estimate of drug-likeness (QED) is 0.885. The van der Waals surface area contributed by atoms with E-state index in [-0.39, 0.29) is 10.5 Å². The van der Waals surface area contributed by atoms with Gasteiger partial charge in [-0.2, -0.15) is 0 Å². The average molecular weight is 351 g/mol. The molecule has 0 aliphatic heterocycles. The molecule has 0 amide bonds. The highest BCUT2D eigenvalue weighted by molar-refractivity contribution is 7.89. The molecule has 0 radical (unpaired) electrons. The van der Waals surface area contributed by atoms with E-state index < -0.39 is 32.9 Å². The van der Waals surface area contributed by atoms with Gasteiger partial charge in [-0.3, -0.25) is 0 Å². The maximum atomic E-state index is 13.8. The molecule has 0 unspecified atom stereocenters. The van der Waals surface area contributed by atoms with Gasteiger partial charge in [-0.1, -0.05) is 24.3 Å². The molecule has 0 spiro atoms. The lowest BCUT2D eigenvalue weighted by molar-refractivity contribution is 0.0693. The smallest absolute Gasteiger partial charge is 0.339 e. The molecule has 0 atom stereocenters. The number of hydrogen-bond donors (Lipinski definition) is 2. The summed E-state index contributed by atoms with van der Waals surface area (Å²) in [5, 5.41) is 9.22. The fourth-order valence-corrected chi connectivity index (χ4v) is 3.74. The molecular formula is C17H18FNO4S. The lowest BCUT2D eigenvalue weighted by Crippen LogP contribution is -2.40. The number of benzene rings is 2. The summed E-state index contributed by atoms with van der Waals surface area (Å²) in [6.45, 7) is 5.14. The van der Waals surface area contributed by atoms with Gasteiger partial charge in [0, 0.05) is 5.54 Å². The lowest BCUT2D eigenvalue weighted by Gasteiger charge is -2.20. The molecule has 0 saturated heterocycles. The molecule has 7 heteroatoms. The summed E-state index contributed by atoms with van der Waals surface area (Å²) in [6, 6.07) is 9.63. The Morgan fingerprint density at radius 3 is 2.33 bits per heavy atom. The first-order valence-electron chi connectivity index (χ1n) is 7.17. The summed E-state index contributed by atoms with van der Waals surface area (Å²) in [5.74, 6) is -2.29. The van der Waals surface area contributed by atoms with E-state index in [1.807, 2.05) is 0 Å². The lowest BCUT2D eigenvalue weighted by atomic mass is 9.99. The van der Waals surface area contributed by atoms with Crippen molar-refractivity contribution in [3.63, 3.8) is 0 Å². The number of sulfonamides is 1. The molecule has 5 nitrogen and oxygen atoms in total. The molecule has 2 aromatic carbocycles. The van der Waals surface area contributed by atoms with Crippen molar-refractivity contribution in [2.45, 2.75) is 31.2 Å². The minimum absolute atomic E-state index is 0.0180. The SMILES string of the molecule is CC(C)(C)NS(=O)(=O)c1cccc(-c2cccc(F)c2C(=O)O)c1. The highest BCUT2D eigenvalue weighted by Crippen LogP contribution is 2.28. The van der Waals surface area contributed by atoms with Gasteiger partial charge in [0.1, 0.15) is 11.4 Å². The van der Waals surface area contributed by atoms with Gasteiger partial charge in [-0.15, -0.1) is 0 Å². The van der Waals surface area contributed by atoms with Gasteiger partial charge >= 0.3 is 5.97 Å². The number of carboxylic acids is 1. The van der Waals surface area contributed by atoms with Crippen LogP contribution < -0.4 is 4.72 Å². The minimum atomic E-state index is -3.78. The molecule has 0 aliphatic rings. The second kappa shape index (κ2) is 6.33. The molecule has 2 N–H and O–H groups in total. The van der Waals surface area contributed by atoms with Crippen LogP contribution in [-0.4, -0.2) is 25.0 Å². The highest BCUT2D eigenvalue weighted by Gasteiger charge is 2.23. The zero-order chi connectivity index (χ0) is 18.1. The number of hydrogen-bond acceptors (Lipinski definition) is 3. The van der Waals surface area contributed by atoms with Crippen molar-refractivity contribution < 1.29 is 22.7 Å². The summed E-state index contributed by atoms with van der Waals surface area (Å²) in [4.78, 5) is 11.3. The predicted molar refractivity (Wildman–Crippen MR) is 88.9 cm³/mol. The van der Waals surface area contributed by atoms with Crippen LogP contribution in [0.3, 0.4) is 0 Å². The van der Waals surface area contributed by atoms with Crippen LogP contribution in [0, 0.1) is 5.82 Å². The molecule has 2 aromatic rings. The fourth-order valence-electron chi connectivity index (χ4n) is 2.27. The van der Waals surface area contributed by atoms with Gasteiger partial charge in [0.25, 0.3) is 0 Å². The normalized spacial score (nSPS) is 12.2. The van der Waals surface area contributed by atoms with Crippen LogP contribution in [-0.2, 0) is 10.0 Å². The summed E-state index contributed by atoms with van der Waals surface area (Å²) in [7, 11) is -3.78.